The van der Waals surface area contributed by atoms with Gasteiger partial charge in [-0.15, -0.1) is 0 Å². The predicted molar refractivity (Wildman–Crippen MR) is 81.0 cm³/mol. The number of amides is 1. The topological polar surface area (TPSA) is 52.6 Å². The maximum absolute atomic E-state index is 12.1. The van der Waals surface area contributed by atoms with E-state index in [1.807, 2.05) is 6.07 Å². The van der Waals surface area contributed by atoms with Crippen molar-refractivity contribution in [3.05, 3.63) is 29.3 Å². The molecule has 1 fully saturated rings. The van der Waals surface area contributed by atoms with Gasteiger partial charge in [0.25, 0.3) is 0 Å². The molecule has 0 aromatic heterocycles. The van der Waals surface area contributed by atoms with Crippen LogP contribution in [0.5, 0.6) is 0 Å². The molecule has 2 rings (SSSR count). The third kappa shape index (κ3) is 4.47. The van der Waals surface area contributed by atoms with E-state index >= 15 is 0 Å². The highest BCUT2D eigenvalue weighted by Crippen LogP contribution is 2.23. The molecule has 0 aliphatic heterocycles. The van der Waals surface area contributed by atoms with E-state index in [2.05, 4.69) is 10.2 Å². The second-order valence-corrected chi connectivity index (χ2v) is 5.63. The Labute approximate surface area is 124 Å². The number of nitrogens with zero attached hydrogens (tertiary/aromatic N) is 1. The highest BCUT2D eigenvalue weighted by molar-refractivity contribution is 6.30. The fourth-order valence-electron chi connectivity index (χ4n) is 2.74. The van der Waals surface area contributed by atoms with E-state index in [9.17, 15) is 4.79 Å². The summed E-state index contributed by atoms with van der Waals surface area (Å²) < 4.78 is 0. The molecule has 1 aromatic carbocycles. The van der Waals surface area contributed by atoms with Crippen LogP contribution >= 0.6 is 11.6 Å². The van der Waals surface area contributed by atoms with Crippen LogP contribution in [0, 0.1) is 0 Å². The molecule has 0 spiro atoms. The number of hydrogen-bond donors (Lipinski definition) is 2. The number of hydrogen-bond acceptors (Lipinski definition) is 3. The Hall–Kier alpha value is -1.10. The molecule has 1 amide bonds. The van der Waals surface area contributed by atoms with Crippen LogP contribution in [0.3, 0.4) is 0 Å². The van der Waals surface area contributed by atoms with Crippen LogP contribution in [0.15, 0.2) is 24.3 Å². The molecule has 0 saturated heterocycles. The number of carbonyl (C=O) groups excluding carboxylic acids is 1. The Morgan fingerprint density at radius 3 is 2.80 bits per heavy atom. The number of aliphatic hydroxyl groups excluding tert-OH is 1. The average Bonchev–Trinajstić information content (AvgIpc) is 2.92. The van der Waals surface area contributed by atoms with Gasteiger partial charge in [0.1, 0.15) is 0 Å². The lowest BCUT2D eigenvalue weighted by Crippen LogP contribution is -2.41. The first-order valence-electron chi connectivity index (χ1n) is 7.09. The molecule has 2 N–H and O–H groups in total. The third-order valence-corrected chi connectivity index (χ3v) is 3.92. The van der Waals surface area contributed by atoms with E-state index in [4.69, 9.17) is 16.7 Å². The zero-order chi connectivity index (χ0) is 14.4. The molecule has 110 valence electrons. The molecular formula is C15H21ClN2O2. The average molecular weight is 297 g/mol. The summed E-state index contributed by atoms with van der Waals surface area (Å²) in [5.41, 5.74) is 0.706. The van der Waals surface area contributed by atoms with Gasteiger partial charge in [-0.25, -0.2) is 0 Å². The number of aliphatic hydroxyl groups is 1. The molecule has 0 radical (unpaired) electrons. The van der Waals surface area contributed by atoms with Crippen LogP contribution in [0.1, 0.15) is 25.7 Å². The summed E-state index contributed by atoms with van der Waals surface area (Å²) >= 11 is 5.89. The highest BCUT2D eigenvalue weighted by Gasteiger charge is 2.23. The quantitative estimate of drug-likeness (QED) is 0.848. The van der Waals surface area contributed by atoms with Crippen LogP contribution in [0.25, 0.3) is 0 Å². The van der Waals surface area contributed by atoms with Gasteiger partial charge in [-0.3, -0.25) is 9.69 Å². The van der Waals surface area contributed by atoms with E-state index < -0.39 is 0 Å². The first kappa shape index (κ1) is 15.3. The normalized spacial score (nSPS) is 15.8. The van der Waals surface area contributed by atoms with E-state index in [1.165, 1.54) is 12.8 Å². The van der Waals surface area contributed by atoms with Gasteiger partial charge in [-0.2, -0.15) is 0 Å². The third-order valence-electron chi connectivity index (χ3n) is 3.68. The lowest BCUT2D eigenvalue weighted by molar-refractivity contribution is -0.118. The first-order valence-corrected chi connectivity index (χ1v) is 7.47. The molecule has 4 nitrogen and oxygen atoms in total. The van der Waals surface area contributed by atoms with Crippen molar-refractivity contribution in [3.8, 4) is 0 Å². The van der Waals surface area contributed by atoms with Gasteiger partial charge in [0.15, 0.2) is 0 Å². The fraction of sp³-hybridized carbons (Fsp3) is 0.533. The van der Waals surface area contributed by atoms with Gasteiger partial charge in [0.2, 0.25) is 5.91 Å². The van der Waals surface area contributed by atoms with E-state index in [-0.39, 0.29) is 12.5 Å². The van der Waals surface area contributed by atoms with Crippen molar-refractivity contribution in [2.24, 2.45) is 0 Å². The minimum atomic E-state index is -0.0624. The number of rotatable bonds is 6. The molecule has 0 bridgehead atoms. The SMILES string of the molecule is O=C(CN(CCO)C1CCCC1)Nc1cccc(Cl)c1. The predicted octanol–water partition coefficient (Wildman–Crippen LogP) is 2.52. The second-order valence-electron chi connectivity index (χ2n) is 5.19. The lowest BCUT2D eigenvalue weighted by Gasteiger charge is -2.27. The van der Waals surface area contributed by atoms with Crippen molar-refractivity contribution in [1.82, 2.24) is 4.90 Å². The Morgan fingerprint density at radius 1 is 1.40 bits per heavy atom. The Morgan fingerprint density at radius 2 is 2.15 bits per heavy atom. The van der Waals surface area contributed by atoms with Crippen molar-refractivity contribution < 1.29 is 9.90 Å². The van der Waals surface area contributed by atoms with Crippen LogP contribution in [-0.4, -0.2) is 41.7 Å². The second kappa shape index (κ2) is 7.62. The molecule has 20 heavy (non-hydrogen) atoms. The maximum atomic E-state index is 12.1. The Balaban J connectivity index is 1.90. The summed E-state index contributed by atoms with van der Waals surface area (Å²) in [7, 11) is 0. The zero-order valence-corrected chi connectivity index (χ0v) is 12.3. The van der Waals surface area contributed by atoms with Gasteiger partial charge >= 0.3 is 0 Å². The summed E-state index contributed by atoms with van der Waals surface area (Å²) in [5.74, 6) is -0.0624. The number of anilines is 1. The van der Waals surface area contributed by atoms with Gasteiger partial charge in [-0.1, -0.05) is 30.5 Å². The molecular weight excluding hydrogens is 276 g/mol. The minimum Gasteiger partial charge on any atom is -0.395 e. The maximum Gasteiger partial charge on any atom is 0.238 e. The molecule has 5 heteroatoms. The van der Waals surface area contributed by atoms with Gasteiger partial charge < -0.3 is 10.4 Å². The summed E-state index contributed by atoms with van der Waals surface area (Å²) in [4.78, 5) is 14.2. The number of nitrogens with one attached hydrogen (secondary N) is 1. The van der Waals surface area contributed by atoms with Crippen molar-refractivity contribution in [1.29, 1.82) is 0 Å². The molecule has 1 aromatic rings. The lowest BCUT2D eigenvalue weighted by atomic mass is 10.2. The summed E-state index contributed by atoms with van der Waals surface area (Å²) in [6, 6.07) is 7.54. The monoisotopic (exact) mass is 296 g/mol. The smallest absolute Gasteiger partial charge is 0.238 e. The molecule has 0 atom stereocenters. The molecule has 1 aliphatic rings. The number of halogens is 1. The standard InChI is InChI=1S/C15H21ClN2O2/c16-12-4-3-5-13(10-12)17-15(20)11-18(8-9-19)14-6-1-2-7-14/h3-5,10,14,19H,1-2,6-9,11H2,(H,17,20). The molecule has 0 heterocycles. The first-order chi connectivity index (χ1) is 9.69. The fourth-order valence-corrected chi connectivity index (χ4v) is 2.93. The van der Waals surface area contributed by atoms with Crippen LogP contribution < -0.4 is 5.32 Å². The van der Waals surface area contributed by atoms with E-state index in [0.29, 0.717) is 29.8 Å². The Bertz CT molecular complexity index is 447. The highest BCUT2D eigenvalue weighted by atomic mass is 35.5. The summed E-state index contributed by atoms with van der Waals surface area (Å²) in [6.45, 7) is 0.951. The summed E-state index contributed by atoms with van der Waals surface area (Å²) in [5, 5.41) is 12.6. The van der Waals surface area contributed by atoms with Crippen LogP contribution in [-0.2, 0) is 4.79 Å². The zero-order valence-electron chi connectivity index (χ0n) is 11.5. The Kier molecular flexibility index (Phi) is 5.83. The molecule has 0 unspecified atom stereocenters. The van der Waals surface area contributed by atoms with Crippen molar-refractivity contribution in [3.63, 3.8) is 0 Å². The van der Waals surface area contributed by atoms with Crippen LogP contribution in [0.2, 0.25) is 5.02 Å². The van der Waals surface area contributed by atoms with Gasteiger partial charge in [0.05, 0.1) is 13.2 Å². The number of carbonyl (C=O) groups is 1. The largest absolute Gasteiger partial charge is 0.395 e. The van der Waals surface area contributed by atoms with E-state index in [0.717, 1.165) is 12.8 Å². The van der Waals surface area contributed by atoms with E-state index in [1.54, 1.807) is 18.2 Å². The molecule has 1 aliphatic carbocycles. The van der Waals surface area contributed by atoms with Crippen LogP contribution in [0.4, 0.5) is 5.69 Å². The minimum absolute atomic E-state index is 0.0624. The molecule has 1 saturated carbocycles. The summed E-state index contributed by atoms with van der Waals surface area (Å²) in [6.07, 6.45) is 4.65. The van der Waals surface area contributed by atoms with Crippen molar-refractivity contribution >= 4 is 23.2 Å². The number of benzene rings is 1. The van der Waals surface area contributed by atoms with Crippen molar-refractivity contribution in [2.75, 3.05) is 25.0 Å². The van der Waals surface area contributed by atoms with Gasteiger partial charge in [-0.05, 0) is 31.0 Å². The van der Waals surface area contributed by atoms with Gasteiger partial charge in [0, 0.05) is 23.3 Å². The van der Waals surface area contributed by atoms with Crippen molar-refractivity contribution in [2.45, 2.75) is 31.7 Å².